The molecule has 1 fully saturated rings. The summed E-state index contributed by atoms with van der Waals surface area (Å²) in [5.74, 6) is 1.05. The Bertz CT molecular complexity index is 875. The van der Waals surface area contributed by atoms with Gasteiger partial charge in [-0.05, 0) is 30.0 Å². The van der Waals surface area contributed by atoms with Crippen molar-refractivity contribution in [1.29, 1.82) is 0 Å². The summed E-state index contributed by atoms with van der Waals surface area (Å²) in [6.07, 6.45) is 1.25. The van der Waals surface area contributed by atoms with Crippen LogP contribution in [0.25, 0.3) is 9.88 Å². The van der Waals surface area contributed by atoms with E-state index in [1.807, 2.05) is 46.7 Å². The fourth-order valence-electron chi connectivity index (χ4n) is 3.08. The van der Waals surface area contributed by atoms with Gasteiger partial charge in [0, 0.05) is 32.6 Å². The van der Waals surface area contributed by atoms with Crippen LogP contribution in [-0.4, -0.2) is 53.8 Å². The lowest BCUT2D eigenvalue weighted by molar-refractivity contribution is -0.131. The number of nitrogens with zero attached hydrogens (tertiary/aromatic N) is 4. The van der Waals surface area contributed by atoms with Crippen molar-refractivity contribution in [3.8, 4) is 15.6 Å². The van der Waals surface area contributed by atoms with Crippen molar-refractivity contribution >= 4 is 33.7 Å². The molecule has 0 spiro atoms. The van der Waals surface area contributed by atoms with Gasteiger partial charge < -0.3 is 14.5 Å². The number of piperazine rings is 1. The lowest BCUT2D eigenvalue weighted by Gasteiger charge is -2.34. The minimum absolute atomic E-state index is 0.202. The van der Waals surface area contributed by atoms with Crippen LogP contribution in [-0.2, 0) is 4.79 Å². The molecular weight excluding hydrogens is 392 g/mol. The summed E-state index contributed by atoms with van der Waals surface area (Å²) < 4.78 is 5.66. The Labute approximate surface area is 172 Å². The molecule has 28 heavy (non-hydrogen) atoms. The molecule has 0 N–H and O–H groups in total. The minimum Gasteiger partial charge on any atom is -0.494 e. The second kappa shape index (κ2) is 9.16. The first kappa shape index (κ1) is 18.9. The van der Waals surface area contributed by atoms with Crippen molar-refractivity contribution in [2.75, 3.05) is 37.7 Å². The summed E-state index contributed by atoms with van der Waals surface area (Å²) in [7, 11) is 0. The van der Waals surface area contributed by atoms with Crippen LogP contribution < -0.4 is 9.64 Å². The number of hydrogen-bond acceptors (Lipinski definition) is 7. The first-order chi connectivity index (χ1) is 13.8. The molecule has 146 valence electrons. The topological polar surface area (TPSA) is 58.6 Å². The van der Waals surface area contributed by atoms with Gasteiger partial charge in [-0.25, -0.2) is 0 Å². The Morgan fingerprint density at radius 3 is 2.61 bits per heavy atom. The molecule has 6 nitrogen and oxygen atoms in total. The summed E-state index contributed by atoms with van der Waals surface area (Å²) in [5.41, 5.74) is 0. The Morgan fingerprint density at radius 1 is 1.04 bits per heavy atom. The van der Waals surface area contributed by atoms with Gasteiger partial charge in [0.15, 0.2) is 5.01 Å². The van der Waals surface area contributed by atoms with E-state index in [-0.39, 0.29) is 5.91 Å². The van der Waals surface area contributed by atoms with Gasteiger partial charge in [0.05, 0.1) is 11.5 Å². The maximum atomic E-state index is 12.4. The minimum atomic E-state index is 0.202. The summed E-state index contributed by atoms with van der Waals surface area (Å²) >= 11 is 3.29. The van der Waals surface area contributed by atoms with Crippen molar-refractivity contribution in [3.63, 3.8) is 0 Å². The number of para-hydroxylation sites is 1. The summed E-state index contributed by atoms with van der Waals surface area (Å²) in [5, 5.41) is 12.6. The van der Waals surface area contributed by atoms with E-state index in [2.05, 4.69) is 21.2 Å². The van der Waals surface area contributed by atoms with Crippen LogP contribution in [0.3, 0.4) is 0 Å². The van der Waals surface area contributed by atoms with Crippen LogP contribution in [0.15, 0.2) is 47.8 Å². The highest BCUT2D eigenvalue weighted by Crippen LogP contribution is 2.31. The van der Waals surface area contributed by atoms with Crippen LogP contribution in [0.5, 0.6) is 5.75 Å². The zero-order valence-corrected chi connectivity index (χ0v) is 17.1. The molecule has 0 saturated carbocycles. The van der Waals surface area contributed by atoms with Gasteiger partial charge in [-0.1, -0.05) is 35.6 Å². The molecule has 1 amide bonds. The molecule has 2 aromatic heterocycles. The van der Waals surface area contributed by atoms with E-state index in [1.54, 1.807) is 22.7 Å². The molecule has 3 heterocycles. The van der Waals surface area contributed by atoms with Crippen molar-refractivity contribution in [2.45, 2.75) is 12.8 Å². The highest BCUT2D eigenvalue weighted by molar-refractivity contribution is 7.22. The monoisotopic (exact) mass is 414 g/mol. The molecule has 1 aliphatic heterocycles. The lowest BCUT2D eigenvalue weighted by Crippen LogP contribution is -2.48. The average molecular weight is 415 g/mol. The molecule has 3 aromatic rings. The Morgan fingerprint density at radius 2 is 1.86 bits per heavy atom. The standard InChI is InChI=1S/C20H22N4O2S2/c25-18(9-4-14-26-16-6-2-1-3-7-16)23-10-12-24(13-11-23)20-22-21-19(28-20)17-8-5-15-27-17/h1-3,5-8,15H,4,9-14H2. The van der Waals surface area contributed by atoms with Crippen LogP contribution >= 0.6 is 22.7 Å². The summed E-state index contributed by atoms with van der Waals surface area (Å²) in [4.78, 5) is 17.8. The number of aromatic nitrogens is 2. The normalized spacial score (nSPS) is 14.3. The molecule has 4 rings (SSSR count). The van der Waals surface area contributed by atoms with E-state index in [1.165, 1.54) is 0 Å². The van der Waals surface area contributed by atoms with Crippen LogP contribution in [0.1, 0.15) is 12.8 Å². The molecule has 0 unspecified atom stereocenters. The molecule has 1 aliphatic rings. The molecule has 1 aromatic carbocycles. The number of ether oxygens (including phenoxy) is 1. The first-order valence-corrected chi connectivity index (χ1v) is 11.1. The van der Waals surface area contributed by atoms with Gasteiger partial charge in [0.1, 0.15) is 5.75 Å². The molecule has 0 bridgehead atoms. The third-order valence-electron chi connectivity index (χ3n) is 4.60. The number of carbonyl (C=O) groups is 1. The first-order valence-electron chi connectivity index (χ1n) is 9.37. The predicted octanol–water partition coefficient (Wildman–Crippen LogP) is 3.77. The van der Waals surface area contributed by atoms with Crippen molar-refractivity contribution in [3.05, 3.63) is 47.8 Å². The Kier molecular flexibility index (Phi) is 6.18. The van der Waals surface area contributed by atoms with Crippen molar-refractivity contribution < 1.29 is 9.53 Å². The van der Waals surface area contributed by atoms with E-state index in [0.29, 0.717) is 13.0 Å². The highest BCUT2D eigenvalue weighted by atomic mass is 32.1. The molecule has 0 aliphatic carbocycles. The number of hydrogen-bond donors (Lipinski definition) is 0. The summed E-state index contributed by atoms with van der Waals surface area (Å²) in [6, 6.07) is 13.8. The predicted molar refractivity (Wildman–Crippen MR) is 113 cm³/mol. The average Bonchev–Trinajstić information content (AvgIpc) is 3.44. The van der Waals surface area contributed by atoms with Crippen LogP contribution in [0, 0.1) is 0 Å². The Hall–Kier alpha value is -2.45. The third kappa shape index (κ3) is 4.69. The number of amides is 1. The van der Waals surface area contributed by atoms with E-state index in [9.17, 15) is 4.79 Å². The van der Waals surface area contributed by atoms with Crippen LogP contribution in [0.2, 0.25) is 0 Å². The molecule has 0 atom stereocenters. The van der Waals surface area contributed by atoms with E-state index in [0.717, 1.165) is 53.4 Å². The lowest BCUT2D eigenvalue weighted by atomic mass is 10.2. The largest absolute Gasteiger partial charge is 0.494 e. The Balaban J connectivity index is 1.20. The maximum Gasteiger partial charge on any atom is 0.222 e. The second-order valence-corrected chi connectivity index (χ2v) is 8.40. The third-order valence-corrected chi connectivity index (χ3v) is 6.62. The second-order valence-electron chi connectivity index (χ2n) is 6.50. The fraction of sp³-hybridized carbons (Fsp3) is 0.350. The zero-order chi connectivity index (χ0) is 19.2. The number of carbonyl (C=O) groups excluding carboxylic acids is 1. The molecule has 1 saturated heterocycles. The van der Waals surface area contributed by atoms with E-state index >= 15 is 0 Å². The molecule has 0 radical (unpaired) electrons. The number of rotatable bonds is 7. The SMILES string of the molecule is O=C(CCCOc1ccccc1)N1CCN(c2nnc(-c3cccs3)s2)CC1. The van der Waals surface area contributed by atoms with Crippen LogP contribution in [0.4, 0.5) is 5.13 Å². The van der Waals surface area contributed by atoms with Gasteiger partial charge in [-0.15, -0.1) is 21.5 Å². The van der Waals surface area contributed by atoms with E-state index in [4.69, 9.17) is 4.74 Å². The smallest absolute Gasteiger partial charge is 0.222 e. The quantitative estimate of drug-likeness (QED) is 0.551. The highest BCUT2D eigenvalue weighted by Gasteiger charge is 2.23. The number of benzene rings is 1. The summed E-state index contributed by atoms with van der Waals surface area (Å²) in [6.45, 7) is 3.61. The van der Waals surface area contributed by atoms with Gasteiger partial charge in [0.25, 0.3) is 0 Å². The zero-order valence-electron chi connectivity index (χ0n) is 15.5. The number of thiophene rings is 1. The van der Waals surface area contributed by atoms with Crippen molar-refractivity contribution in [2.24, 2.45) is 0 Å². The van der Waals surface area contributed by atoms with Gasteiger partial charge >= 0.3 is 0 Å². The maximum absolute atomic E-state index is 12.4. The fourth-order valence-corrected chi connectivity index (χ4v) is 4.77. The van der Waals surface area contributed by atoms with Gasteiger partial charge in [0.2, 0.25) is 11.0 Å². The molecular formula is C20H22N4O2S2. The van der Waals surface area contributed by atoms with Gasteiger partial charge in [-0.3, -0.25) is 4.79 Å². The molecule has 8 heteroatoms. The van der Waals surface area contributed by atoms with Crippen molar-refractivity contribution in [1.82, 2.24) is 15.1 Å². The van der Waals surface area contributed by atoms with Gasteiger partial charge in [-0.2, -0.15) is 0 Å². The number of anilines is 1. The van der Waals surface area contributed by atoms with E-state index < -0.39 is 0 Å².